The largest absolute Gasteiger partial charge is 0.496 e. The highest BCUT2D eigenvalue weighted by atomic mass is 16.5. The SMILES string of the molecule is C=CC(=O)N1CC2CC(n3cc(-c4ccc(C(=O)Nc5ccccc5)c(OC)c4)c4c(N)ncnc43)CC2C1. The Hall–Kier alpha value is -4.66. The number of likely N-dealkylation sites (tertiary alicyclic amines) is 1. The predicted octanol–water partition coefficient (Wildman–Crippen LogP) is 4.54. The number of rotatable bonds is 6. The first-order valence-electron chi connectivity index (χ1n) is 13.0. The van der Waals surface area contributed by atoms with Gasteiger partial charge in [-0.2, -0.15) is 0 Å². The summed E-state index contributed by atoms with van der Waals surface area (Å²) < 4.78 is 7.85. The second kappa shape index (κ2) is 9.90. The molecule has 3 heterocycles. The molecular weight excluding hydrogens is 492 g/mol. The number of methoxy groups -OCH3 is 1. The number of hydrogen-bond acceptors (Lipinski definition) is 6. The molecule has 0 spiro atoms. The molecule has 9 heteroatoms. The number of ether oxygens (including phenoxy) is 1. The van der Waals surface area contributed by atoms with E-state index in [1.54, 1.807) is 13.2 Å². The molecule has 2 aliphatic rings. The second-order valence-electron chi connectivity index (χ2n) is 10.2. The van der Waals surface area contributed by atoms with Gasteiger partial charge in [0.15, 0.2) is 0 Å². The zero-order valence-electron chi connectivity index (χ0n) is 21.7. The molecule has 198 valence electrons. The van der Waals surface area contributed by atoms with E-state index in [2.05, 4.69) is 32.6 Å². The van der Waals surface area contributed by atoms with E-state index in [0.29, 0.717) is 34.7 Å². The first kappa shape index (κ1) is 24.7. The standard InChI is InChI=1S/C30H30N6O3/c1-3-26(37)35-14-19-11-22(12-20(19)15-35)36-16-24(27-28(31)32-17-33-29(27)36)18-9-10-23(25(13-18)39-2)30(38)34-21-7-5-4-6-8-21/h3-10,13,16-17,19-20,22H,1,11-12,14-15H2,2H3,(H,34,38)(H2,31,32,33). The van der Waals surface area contributed by atoms with Gasteiger partial charge in [0, 0.05) is 36.6 Å². The third kappa shape index (κ3) is 4.39. The average molecular weight is 523 g/mol. The maximum atomic E-state index is 13.0. The maximum absolute atomic E-state index is 13.0. The number of para-hydroxylation sites is 1. The molecule has 1 aliphatic carbocycles. The van der Waals surface area contributed by atoms with Crippen LogP contribution in [0.15, 0.2) is 73.7 Å². The minimum Gasteiger partial charge on any atom is -0.496 e. The molecule has 9 nitrogen and oxygen atoms in total. The summed E-state index contributed by atoms with van der Waals surface area (Å²) in [7, 11) is 1.55. The summed E-state index contributed by atoms with van der Waals surface area (Å²) in [6, 6.07) is 15.1. The molecule has 4 aromatic rings. The topological polar surface area (TPSA) is 115 Å². The Kier molecular flexibility index (Phi) is 6.26. The Morgan fingerprint density at radius 1 is 1.10 bits per heavy atom. The summed E-state index contributed by atoms with van der Waals surface area (Å²) in [5.41, 5.74) is 10.1. The Labute approximate surface area is 226 Å². The van der Waals surface area contributed by atoms with Gasteiger partial charge >= 0.3 is 0 Å². The lowest BCUT2D eigenvalue weighted by Gasteiger charge is -2.19. The van der Waals surface area contributed by atoms with E-state index in [4.69, 9.17) is 10.5 Å². The van der Waals surface area contributed by atoms with Gasteiger partial charge in [-0.15, -0.1) is 0 Å². The van der Waals surface area contributed by atoms with Crippen molar-refractivity contribution < 1.29 is 14.3 Å². The number of aromatic nitrogens is 3. The first-order chi connectivity index (χ1) is 19.0. The van der Waals surface area contributed by atoms with Crippen LogP contribution in [0.2, 0.25) is 0 Å². The smallest absolute Gasteiger partial charge is 0.259 e. The van der Waals surface area contributed by atoms with Gasteiger partial charge in [-0.3, -0.25) is 9.59 Å². The van der Waals surface area contributed by atoms with Gasteiger partial charge in [0.1, 0.15) is 23.5 Å². The number of amides is 2. The third-order valence-electron chi connectivity index (χ3n) is 8.03. The molecule has 1 saturated heterocycles. The molecule has 3 N–H and O–H groups in total. The number of nitrogen functional groups attached to an aromatic ring is 1. The van der Waals surface area contributed by atoms with E-state index < -0.39 is 0 Å². The molecule has 2 amide bonds. The summed E-state index contributed by atoms with van der Waals surface area (Å²) in [5, 5.41) is 3.69. The van der Waals surface area contributed by atoms with E-state index in [0.717, 1.165) is 48.1 Å². The minimum absolute atomic E-state index is 0.00464. The molecule has 2 aromatic carbocycles. The molecule has 2 aromatic heterocycles. The van der Waals surface area contributed by atoms with Crippen LogP contribution < -0.4 is 15.8 Å². The summed E-state index contributed by atoms with van der Waals surface area (Å²) in [6.07, 6.45) is 6.90. The van der Waals surface area contributed by atoms with Crippen molar-refractivity contribution in [3.8, 4) is 16.9 Å². The van der Waals surface area contributed by atoms with Crippen LogP contribution in [0, 0.1) is 11.8 Å². The van der Waals surface area contributed by atoms with E-state index >= 15 is 0 Å². The van der Waals surface area contributed by atoms with Crippen molar-refractivity contribution in [2.24, 2.45) is 11.8 Å². The monoisotopic (exact) mass is 522 g/mol. The van der Waals surface area contributed by atoms with Crippen molar-refractivity contribution in [2.75, 3.05) is 31.2 Å². The predicted molar refractivity (Wildman–Crippen MR) is 150 cm³/mol. The van der Waals surface area contributed by atoms with Crippen LogP contribution in [0.25, 0.3) is 22.2 Å². The van der Waals surface area contributed by atoms with Crippen LogP contribution >= 0.6 is 0 Å². The summed E-state index contributed by atoms with van der Waals surface area (Å²) in [4.78, 5) is 35.9. The molecule has 2 unspecified atom stereocenters. The fourth-order valence-corrected chi connectivity index (χ4v) is 6.18. The van der Waals surface area contributed by atoms with Crippen LogP contribution in [0.5, 0.6) is 5.75 Å². The highest BCUT2D eigenvalue weighted by Crippen LogP contribution is 2.46. The summed E-state index contributed by atoms with van der Waals surface area (Å²) in [5.74, 6) is 1.50. The summed E-state index contributed by atoms with van der Waals surface area (Å²) >= 11 is 0. The number of hydrogen-bond donors (Lipinski definition) is 2. The minimum atomic E-state index is -0.253. The van der Waals surface area contributed by atoms with Gasteiger partial charge in [-0.1, -0.05) is 30.8 Å². The number of benzene rings is 2. The van der Waals surface area contributed by atoms with E-state index in [1.165, 1.54) is 12.4 Å². The van der Waals surface area contributed by atoms with Crippen LogP contribution in [0.3, 0.4) is 0 Å². The van der Waals surface area contributed by atoms with Gasteiger partial charge in [-0.05, 0) is 60.6 Å². The van der Waals surface area contributed by atoms with Crippen molar-refractivity contribution in [3.05, 3.63) is 79.3 Å². The lowest BCUT2D eigenvalue weighted by Crippen LogP contribution is -2.28. The van der Waals surface area contributed by atoms with Crippen LogP contribution in [-0.4, -0.2) is 51.4 Å². The van der Waals surface area contributed by atoms with Gasteiger partial charge in [0.05, 0.1) is 18.1 Å². The number of fused-ring (bicyclic) bond motifs is 2. The first-order valence-corrected chi connectivity index (χ1v) is 13.0. The number of nitrogens with one attached hydrogen (secondary N) is 1. The van der Waals surface area contributed by atoms with Gasteiger partial charge in [-0.25, -0.2) is 9.97 Å². The number of nitrogens with two attached hydrogens (primary N) is 1. The normalized spacial score (nSPS) is 20.1. The molecule has 2 atom stereocenters. The van der Waals surface area contributed by atoms with E-state index in [1.807, 2.05) is 47.4 Å². The van der Waals surface area contributed by atoms with Crippen molar-refractivity contribution in [1.29, 1.82) is 0 Å². The Morgan fingerprint density at radius 3 is 2.54 bits per heavy atom. The number of nitrogens with zero attached hydrogens (tertiary/aromatic N) is 4. The Balaban J connectivity index is 1.33. The van der Waals surface area contributed by atoms with Crippen LogP contribution in [-0.2, 0) is 4.79 Å². The zero-order chi connectivity index (χ0) is 27.1. The van der Waals surface area contributed by atoms with Gasteiger partial charge < -0.3 is 25.3 Å². The lowest BCUT2D eigenvalue weighted by molar-refractivity contribution is -0.125. The molecule has 2 fully saturated rings. The van der Waals surface area contributed by atoms with Gasteiger partial charge in [0.25, 0.3) is 5.91 Å². The van der Waals surface area contributed by atoms with E-state index in [9.17, 15) is 9.59 Å². The molecular formula is C30H30N6O3. The third-order valence-corrected chi connectivity index (χ3v) is 8.03. The van der Waals surface area contributed by atoms with E-state index in [-0.39, 0.29) is 17.9 Å². The highest BCUT2D eigenvalue weighted by Gasteiger charge is 2.43. The molecule has 6 rings (SSSR count). The van der Waals surface area contributed by atoms with Crippen molar-refractivity contribution >= 4 is 34.4 Å². The number of anilines is 2. The molecule has 0 radical (unpaired) electrons. The molecule has 1 saturated carbocycles. The van der Waals surface area contributed by atoms with Crippen LogP contribution in [0.1, 0.15) is 29.2 Å². The van der Waals surface area contributed by atoms with Crippen molar-refractivity contribution in [1.82, 2.24) is 19.4 Å². The average Bonchev–Trinajstić information content (AvgIpc) is 3.65. The van der Waals surface area contributed by atoms with Crippen molar-refractivity contribution in [2.45, 2.75) is 18.9 Å². The Morgan fingerprint density at radius 2 is 1.85 bits per heavy atom. The maximum Gasteiger partial charge on any atom is 0.259 e. The second-order valence-corrected chi connectivity index (χ2v) is 10.2. The lowest BCUT2D eigenvalue weighted by atomic mass is 10.0. The van der Waals surface area contributed by atoms with Gasteiger partial charge in [0.2, 0.25) is 5.91 Å². The quantitative estimate of drug-likeness (QED) is 0.359. The fourth-order valence-electron chi connectivity index (χ4n) is 6.18. The van der Waals surface area contributed by atoms with Crippen molar-refractivity contribution in [3.63, 3.8) is 0 Å². The number of carbonyl (C=O) groups is 2. The fraction of sp³-hybridized carbons (Fsp3) is 0.267. The molecule has 0 bridgehead atoms. The summed E-state index contributed by atoms with van der Waals surface area (Å²) in [6.45, 7) is 5.15. The zero-order valence-corrected chi connectivity index (χ0v) is 21.7. The Bertz CT molecular complexity index is 1570. The highest BCUT2D eigenvalue weighted by molar-refractivity contribution is 6.07. The number of carbonyl (C=O) groups excluding carboxylic acids is 2. The van der Waals surface area contributed by atoms with Crippen LogP contribution in [0.4, 0.5) is 11.5 Å². The molecule has 1 aliphatic heterocycles. The molecule has 39 heavy (non-hydrogen) atoms.